The fourth-order valence-corrected chi connectivity index (χ4v) is 0.596. The smallest absolute Gasteiger partial charge is 0.471 e. The van der Waals surface area contributed by atoms with E-state index in [1.165, 1.54) is 0 Å². The van der Waals surface area contributed by atoms with Gasteiger partial charge in [0.2, 0.25) is 0 Å². The summed E-state index contributed by atoms with van der Waals surface area (Å²) in [4.78, 5) is 20.4. The second-order valence-electron chi connectivity index (χ2n) is 2.46. The average Bonchev–Trinajstić information content (AvgIpc) is 1.96. The van der Waals surface area contributed by atoms with Crippen molar-refractivity contribution in [2.45, 2.75) is 25.3 Å². The van der Waals surface area contributed by atoms with Gasteiger partial charge in [0.1, 0.15) is 6.17 Å². The molecule has 0 heterocycles. The van der Waals surface area contributed by atoms with Crippen molar-refractivity contribution in [3.63, 3.8) is 0 Å². The van der Waals surface area contributed by atoms with Crippen LogP contribution < -0.4 is 5.32 Å². The highest BCUT2D eigenvalue weighted by molar-refractivity contribution is 5.87. The predicted molar refractivity (Wildman–Crippen MR) is 36.2 cm³/mol. The second-order valence-corrected chi connectivity index (χ2v) is 2.46. The molecule has 0 aliphatic rings. The standard InChI is InChI=1S/C6H7F4NO3/c1-2(7)3(4(12)13)11-5(14)6(8,9)10/h2-3H,1H3,(H,11,14)(H,12,13)/t2-,3-/m1/s1. The van der Waals surface area contributed by atoms with Gasteiger partial charge in [-0.05, 0) is 6.92 Å². The molecule has 0 aromatic rings. The van der Waals surface area contributed by atoms with Crippen molar-refractivity contribution >= 4 is 11.9 Å². The SMILES string of the molecule is C[C@@H](F)[C@@H](NC(=O)C(F)(F)F)C(=O)O. The second kappa shape index (κ2) is 4.25. The summed E-state index contributed by atoms with van der Waals surface area (Å²) in [5, 5.41) is 9.25. The first-order valence-corrected chi connectivity index (χ1v) is 3.41. The Balaban J connectivity index is 4.48. The predicted octanol–water partition coefficient (Wildman–Crippen LogP) is 0.476. The van der Waals surface area contributed by atoms with E-state index in [1.807, 2.05) is 0 Å². The molecule has 0 aliphatic heterocycles. The van der Waals surface area contributed by atoms with E-state index in [4.69, 9.17) is 5.11 Å². The van der Waals surface area contributed by atoms with Gasteiger partial charge in [-0.15, -0.1) is 0 Å². The van der Waals surface area contributed by atoms with Gasteiger partial charge in [-0.2, -0.15) is 13.2 Å². The Bertz CT molecular complexity index is 238. The van der Waals surface area contributed by atoms with Gasteiger partial charge in [-0.25, -0.2) is 9.18 Å². The van der Waals surface area contributed by atoms with E-state index in [0.717, 1.165) is 12.2 Å². The number of hydrogen-bond acceptors (Lipinski definition) is 2. The maximum absolute atomic E-state index is 12.4. The molecule has 0 aromatic heterocycles. The summed E-state index contributed by atoms with van der Waals surface area (Å²) in [6.07, 6.45) is -7.33. The molecular weight excluding hydrogens is 210 g/mol. The zero-order valence-corrected chi connectivity index (χ0v) is 6.93. The molecule has 2 N–H and O–H groups in total. The third-order valence-corrected chi connectivity index (χ3v) is 1.27. The number of carbonyl (C=O) groups excluding carboxylic acids is 1. The normalized spacial score (nSPS) is 15.8. The van der Waals surface area contributed by atoms with Crippen LogP contribution in [0.4, 0.5) is 17.6 Å². The zero-order chi connectivity index (χ0) is 11.5. The van der Waals surface area contributed by atoms with Crippen LogP contribution >= 0.6 is 0 Å². The number of alkyl halides is 4. The largest absolute Gasteiger partial charge is 0.480 e. The maximum atomic E-state index is 12.4. The van der Waals surface area contributed by atoms with Crippen molar-refractivity contribution in [1.82, 2.24) is 5.32 Å². The number of hydrogen-bond donors (Lipinski definition) is 2. The van der Waals surface area contributed by atoms with Crippen LogP contribution in [-0.2, 0) is 9.59 Å². The molecule has 8 heteroatoms. The van der Waals surface area contributed by atoms with Gasteiger partial charge in [-0.1, -0.05) is 0 Å². The summed E-state index contributed by atoms with van der Waals surface area (Å²) in [7, 11) is 0. The number of carboxylic acid groups (broad SMARTS) is 1. The Morgan fingerprint density at radius 1 is 1.36 bits per heavy atom. The quantitative estimate of drug-likeness (QED) is 0.675. The van der Waals surface area contributed by atoms with Gasteiger partial charge in [0, 0.05) is 0 Å². The number of rotatable bonds is 3. The lowest BCUT2D eigenvalue weighted by atomic mass is 10.2. The third-order valence-electron chi connectivity index (χ3n) is 1.27. The Hall–Kier alpha value is -1.34. The van der Waals surface area contributed by atoms with E-state index in [9.17, 15) is 27.2 Å². The lowest BCUT2D eigenvalue weighted by Crippen LogP contribution is -2.50. The highest BCUT2D eigenvalue weighted by Crippen LogP contribution is 2.15. The molecule has 0 rings (SSSR count). The molecule has 82 valence electrons. The minimum absolute atomic E-state index is 0.732. The molecule has 14 heavy (non-hydrogen) atoms. The molecule has 0 unspecified atom stereocenters. The van der Waals surface area contributed by atoms with Crippen LogP contribution in [0.3, 0.4) is 0 Å². The first-order valence-electron chi connectivity index (χ1n) is 3.41. The van der Waals surface area contributed by atoms with Crippen molar-refractivity contribution in [2.24, 2.45) is 0 Å². The van der Waals surface area contributed by atoms with Crippen LogP contribution in [0.5, 0.6) is 0 Å². The molecule has 0 aliphatic carbocycles. The van der Waals surface area contributed by atoms with Crippen LogP contribution in [0.15, 0.2) is 0 Å². The van der Waals surface area contributed by atoms with Crippen LogP contribution in [0, 0.1) is 0 Å². The molecule has 1 amide bonds. The average molecular weight is 217 g/mol. The number of halogens is 4. The number of amides is 1. The lowest BCUT2D eigenvalue weighted by Gasteiger charge is -2.16. The minimum Gasteiger partial charge on any atom is -0.480 e. The summed E-state index contributed by atoms with van der Waals surface area (Å²) in [5.41, 5.74) is 0. The molecule has 0 spiro atoms. The lowest BCUT2D eigenvalue weighted by molar-refractivity contribution is -0.176. The molecule has 0 radical (unpaired) electrons. The number of nitrogens with one attached hydrogen (secondary N) is 1. The molecule has 0 bridgehead atoms. The Labute approximate surface area is 75.9 Å². The van der Waals surface area contributed by atoms with E-state index in [1.54, 1.807) is 0 Å². The van der Waals surface area contributed by atoms with Crippen molar-refractivity contribution in [3.05, 3.63) is 0 Å². The molecule has 2 atom stereocenters. The Morgan fingerprint density at radius 3 is 2.00 bits per heavy atom. The van der Waals surface area contributed by atoms with E-state index in [-0.39, 0.29) is 0 Å². The summed E-state index contributed by atoms with van der Waals surface area (Å²) in [5.74, 6) is -4.34. The zero-order valence-electron chi connectivity index (χ0n) is 6.93. The van der Waals surface area contributed by atoms with Crippen LogP contribution in [-0.4, -0.2) is 35.4 Å². The van der Waals surface area contributed by atoms with Gasteiger partial charge in [0.25, 0.3) is 0 Å². The molecular formula is C6H7F4NO3. The van der Waals surface area contributed by atoms with E-state index < -0.39 is 30.3 Å². The van der Waals surface area contributed by atoms with Crippen molar-refractivity contribution in [3.8, 4) is 0 Å². The van der Waals surface area contributed by atoms with Crippen molar-refractivity contribution < 1.29 is 32.3 Å². The Morgan fingerprint density at radius 2 is 1.79 bits per heavy atom. The highest BCUT2D eigenvalue weighted by atomic mass is 19.4. The molecule has 4 nitrogen and oxygen atoms in total. The van der Waals surface area contributed by atoms with Gasteiger partial charge in [-0.3, -0.25) is 4.79 Å². The summed E-state index contributed by atoms with van der Waals surface area (Å²) in [6, 6.07) is -2.19. The molecule has 0 saturated carbocycles. The fraction of sp³-hybridized carbons (Fsp3) is 0.667. The van der Waals surface area contributed by atoms with Crippen LogP contribution in [0.25, 0.3) is 0 Å². The molecule has 0 aromatic carbocycles. The maximum Gasteiger partial charge on any atom is 0.471 e. The minimum atomic E-state index is -5.22. The summed E-state index contributed by atoms with van der Waals surface area (Å²) < 4.78 is 47.2. The van der Waals surface area contributed by atoms with Gasteiger partial charge in [0.05, 0.1) is 0 Å². The molecule has 0 fully saturated rings. The summed E-state index contributed by atoms with van der Waals surface area (Å²) in [6.45, 7) is 0.732. The van der Waals surface area contributed by atoms with Crippen LogP contribution in [0.2, 0.25) is 0 Å². The highest BCUT2D eigenvalue weighted by Gasteiger charge is 2.42. The third kappa shape index (κ3) is 3.58. The van der Waals surface area contributed by atoms with Crippen molar-refractivity contribution in [1.29, 1.82) is 0 Å². The van der Waals surface area contributed by atoms with Gasteiger partial charge >= 0.3 is 18.1 Å². The molecule has 0 saturated heterocycles. The summed E-state index contributed by atoms with van der Waals surface area (Å²) >= 11 is 0. The monoisotopic (exact) mass is 217 g/mol. The van der Waals surface area contributed by atoms with Crippen molar-refractivity contribution in [2.75, 3.05) is 0 Å². The topological polar surface area (TPSA) is 66.4 Å². The van der Waals surface area contributed by atoms with Gasteiger partial charge < -0.3 is 10.4 Å². The van der Waals surface area contributed by atoms with Gasteiger partial charge in [0.15, 0.2) is 6.04 Å². The fourth-order valence-electron chi connectivity index (χ4n) is 0.596. The number of aliphatic carboxylic acids is 1. The Kier molecular flexibility index (Phi) is 3.84. The van der Waals surface area contributed by atoms with Crippen LogP contribution in [0.1, 0.15) is 6.92 Å². The van der Waals surface area contributed by atoms with E-state index >= 15 is 0 Å². The van der Waals surface area contributed by atoms with E-state index in [2.05, 4.69) is 0 Å². The number of carbonyl (C=O) groups is 2. The first-order chi connectivity index (χ1) is 6.16. The number of carboxylic acids is 1. The first kappa shape index (κ1) is 12.7. The van der Waals surface area contributed by atoms with E-state index in [0.29, 0.717) is 0 Å².